The van der Waals surface area contributed by atoms with Crippen LogP contribution in [0.25, 0.3) is 0 Å². The van der Waals surface area contributed by atoms with Crippen molar-refractivity contribution in [2.45, 2.75) is 60.1 Å². The van der Waals surface area contributed by atoms with Crippen molar-refractivity contribution in [3.05, 3.63) is 57.9 Å². The molecule has 172 valence electrons. The van der Waals surface area contributed by atoms with Gasteiger partial charge in [-0.3, -0.25) is 9.59 Å². The van der Waals surface area contributed by atoms with Crippen LogP contribution in [0.15, 0.2) is 24.3 Å². The van der Waals surface area contributed by atoms with Gasteiger partial charge < -0.3 is 19.9 Å². The van der Waals surface area contributed by atoms with E-state index < -0.39 is 5.97 Å². The van der Waals surface area contributed by atoms with E-state index in [0.29, 0.717) is 42.1 Å². The summed E-state index contributed by atoms with van der Waals surface area (Å²) < 4.78 is 5.32. The number of nitrogens with one attached hydrogen (secondary N) is 2. The number of likely N-dealkylation sites (tertiary alicyclic amines) is 1. The Bertz CT molecular complexity index is 1010. The van der Waals surface area contributed by atoms with Gasteiger partial charge in [0.1, 0.15) is 5.69 Å². The molecule has 0 bridgehead atoms. The predicted molar refractivity (Wildman–Crippen MR) is 122 cm³/mol. The van der Waals surface area contributed by atoms with E-state index in [2.05, 4.69) is 10.3 Å². The van der Waals surface area contributed by atoms with E-state index in [1.54, 1.807) is 32.6 Å². The van der Waals surface area contributed by atoms with Crippen molar-refractivity contribution in [3.63, 3.8) is 0 Å². The minimum atomic E-state index is -0.433. The number of hydrogen-bond acceptors (Lipinski definition) is 4. The number of aromatic nitrogens is 1. The number of amides is 2. The number of ether oxygens (including phenoxy) is 1. The maximum absolute atomic E-state index is 13.2. The van der Waals surface area contributed by atoms with E-state index in [9.17, 15) is 14.4 Å². The summed E-state index contributed by atoms with van der Waals surface area (Å²) in [4.78, 5) is 43.2. The Morgan fingerprint density at radius 3 is 2.59 bits per heavy atom. The number of carbonyl (C=O) groups is 3. The van der Waals surface area contributed by atoms with Gasteiger partial charge in [-0.25, -0.2) is 4.79 Å². The Kier molecular flexibility index (Phi) is 7.38. The largest absolute Gasteiger partial charge is 0.459 e. The van der Waals surface area contributed by atoms with Crippen LogP contribution in [-0.4, -0.2) is 46.9 Å². The average molecular weight is 440 g/mol. The van der Waals surface area contributed by atoms with Crippen LogP contribution in [0.3, 0.4) is 0 Å². The lowest BCUT2D eigenvalue weighted by Crippen LogP contribution is -2.45. The summed E-state index contributed by atoms with van der Waals surface area (Å²) >= 11 is 0. The normalized spacial score (nSPS) is 16.2. The maximum Gasteiger partial charge on any atom is 0.340 e. The lowest BCUT2D eigenvalue weighted by Gasteiger charge is -2.32. The zero-order chi connectivity index (χ0) is 23.4. The minimum absolute atomic E-state index is 0.0358. The summed E-state index contributed by atoms with van der Waals surface area (Å²) in [5, 5.41) is 3.02. The summed E-state index contributed by atoms with van der Waals surface area (Å²) in [6, 6.07) is 7.96. The quantitative estimate of drug-likeness (QED) is 0.672. The topological polar surface area (TPSA) is 91.5 Å². The van der Waals surface area contributed by atoms with Crippen LogP contribution < -0.4 is 5.32 Å². The van der Waals surface area contributed by atoms with Gasteiger partial charge in [0, 0.05) is 25.3 Å². The van der Waals surface area contributed by atoms with Crippen molar-refractivity contribution >= 4 is 17.8 Å². The van der Waals surface area contributed by atoms with Crippen LogP contribution in [0.1, 0.15) is 69.9 Å². The number of aromatic amines is 1. The standard InChI is InChI=1S/C25H33N3O4/c1-15(2)32-25(31)21-17(4)22(27-18(21)5)24(30)28-12-8-11-20(14-28)23(29)26-13-19-10-7-6-9-16(19)3/h6-7,9-10,15,20,27H,8,11-14H2,1-5H3,(H,26,29)/t20-/m0/s1. The molecule has 1 fully saturated rings. The third-order valence-electron chi connectivity index (χ3n) is 5.99. The van der Waals surface area contributed by atoms with E-state index in [0.717, 1.165) is 24.0 Å². The van der Waals surface area contributed by atoms with Gasteiger partial charge in [0.2, 0.25) is 5.91 Å². The van der Waals surface area contributed by atoms with E-state index in [1.807, 2.05) is 31.2 Å². The molecule has 2 N–H and O–H groups in total. The molecule has 7 heteroatoms. The van der Waals surface area contributed by atoms with Crippen LogP contribution in [0, 0.1) is 26.7 Å². The van der Waals surface area contributed by atoms with E-state index in [4.69, 9.17) is 4.74 Å². The van der Waals surface area contributed by atoms with E-state index in [-0.39, 0.29) is 23.8 Å². The van der Waals surface area contributed by atoms with Gasteiger partial charge in [-0.05, 0) is 64.2 Å². The van der Waals surface area contributed by atoms with Crippen LogP contribution in [0.2, 0.25) is 0 Å². The maximum atomic E-state index is 13.2. The molecule has 0 spiro atoms. The second-order valence-electron chi connectivity index (χ2n) is 8.81. The fraction of sp³-hybridized carbons (Fsp3) is 0.480. The molecule has 0 radical (unpaired) electrons. The molecule has 2 aromatic rings. The van der Waals surface area contributed by atoms with Crippen molar-refractivity contribution in [1.29, 1.82) is 0 Å². The molecule has 7 nitrogen and oxygen atoms in total. The number of piperidine rings is 1. The third-order valence-corrected chi connectivity index (χ3v) is 5.99. The molecule has 1 saturated heterocycles. The minimum Gasteiger partial charge on any atom is -0.459 e. The molecule has 1 aromatic heterocycles. The summed E-state index contributed by atoms with van der Waals surface area (Å²) in [6.45, 7) is 10.5. The fourth-order valence-electron chi connectivity index (χ4n) is 4.21. The lowest BCUT2D eigenvalue weighted by atomic mass is 9.96. The smallest absolute Gasteiger partial charge is 0.340 e. The fourth-order valence-corrected chi connectivity index (χ4v) is 4.21. The number of rotatable bonds is 6. The van der Waals surface area contributed by atoms with Gasteiger partial charge in [-0.15, -0.1) is 0 Å². The molecule has 1 aliphatic heterocycles. The third kappa shape index (κ3) is 5.21. The first-order valence-electron chi connectivity index (χ1n) is 11.2. The van der Waals surface area contributed by atoms with Crippen molar-refractivity contribution in [2.24, 2.45) is 5.92 Å². The van der Waals surface area contributed by atoms with Gasteiger partial charge in [-0.1, -0.05) is 24.3 Å². The second kappa shape index (κ2) is 10.0. The first-order valence-corrected chi connectivity index (χ1v) is 11.2. The van der Waals surface area contributed by atoms with Crippen molar-refractivity contribution in [3.8, 4) is 0 Å². The molecule has 0 aliphatic carbocycles. The van der Waals surface area contributed by atoms with Crippen LogP contribution in [0.5, 0.6) is 0 Å². The molecule has 32 heavy (non-hydrogen) atoms. The Morgan fingerprint density at radius 1 is 1.19 bits per heavy atom. The molecule has 2 heterocycles. The van der Waals surface area contributed by atoms with Gasteiger partial charge in [0.15, 0.2) is 0 Å². The number of benzene rings is 1. The summed E-state index contributed by atoms with van der Waals surface area (Å²) in [6.07, 6.45) is 1.27. The van der Waals surface area contributed by atoms with E-state index >= 15 is 0 Å². The molecule has 1 atom stereocenters. The molecule has 3 rings (SSSR count). The lowest BCUT2D eigenvalue weighted by molar-refractivity contribution is -0.126. The highest BCUT2D eigenvalue weighted by Crippen LogP contribution is 2.24. The average Bonchev–Trinajstić information content (AvgIpc) is 3.06. The highest BCUT2D eigenvalue weighted by atomic mass is 16.5. The Labute approximate surface area is 189 Å². The summed E-state index contributed by atoms with van der Waals surface area (Å²) in [5.41, 5.74) is 4.22. The Balaban J connectivity index is 1.67. The Hall–Kier alpha value is -3.09. The number of nitrogens with zero attached hydrogens (tertiary/aromatic N) is 1. The number of carbonyl (C=O) groups excluding carboxylic acids is 3. The monoisotopic (exact) mass is 439 g/mol. The molecular weight excluding hydrogens is 406 g/mol. The zero-order valence-corrected chi connectivity index (χ0v) is 19.6. The number of aryl methyl sites for hydroxylation is 2. The van der Waals surface area contributed by atoms with E-state index in [1.165, 1.54) is 0 Å². The second-order valence-corrected chi connectivity index (χ2v) is 8.81. The van der Waals surface area contributed by atoms with Crippen molar-refractivity contribution < 1.29 is 19.1 Å². The zero-order valence-electron chi connectivity index (χ0n) is 19.6. The van der Waals surface area contributed by atoms with Gasteiger partial charge in [0.05, 0.1) is 17.6 Å². The molecule has 1 aromatic carbocycles. The molecule has 2 amide bonds. The highest BCUT2D eigenvalue weighted by molar-refractivity contribution is 6.00. The van der Waals surface area contributed by atoms with Gasteiger partial charge in [0.25, 0.3) is 5.91 Å². The van der Waals surface area contributed by atoms with Crippen LogP contribution >= 0.6 is 0 Å². The molecule has 1 aliphatic rings. The number of H-pyrrole nitrogens is 1. The molecule has 0 saturated carbocycles. The predicted octanol–water partition coefficient (Wildman–Crippen LogP) is 3.67. The first-order chi connectivity index (χ1) is 15.2. The van der Waals surface area contributed by atoms with Crippen molar-refractivity contribution in [1.82, 2.24) is 15.2 Å². The molecule has 0 unspecified atom stereocenters. The summed E-state index contributed by atoms with van der Waals surface area (Å²) in [5.74, 6) is -0.909. The van der Waals surface area contributed by atoms with Crippen molar-refractivity contribution in [2.75, 3.05) is 13.1 Å². The van der Waals surface area contributed by atoms with Gasteiger partial charge >= 0.3 is 5.97 Å². The number of hydrogen-bond donors (Lipinski definition) is 2. The SMILES string of the molecule is Cc1ccccc1CNC(=O)[C@H]1CCCN(C(=O)c2[nH]c(C)c(C(=O)OC(C)C)c2C)C1. The Morgan fingerprint density at radius 2 is 1.91 bits per heavy atom. The number of esters is 1. The summed E-state index contributed by atoms with van der Waals surface area (Å²) in [7, 11) is 0. The van der Waals surface area contributed by atoms with Crippen LogP contribution in [0.4, 0.5) is 0 Å². The molecular formula is C25H33N3O4. The first kappa shape index (κ1) is 23.6. The van der Waals surface area contributed by atoms with Gasteiger partial charge in [-0.2, -0.15) is 0 Å². The van der Waals surface area contributed by atoms with Crippen LogP contribution in [-0.2, 0) is 16.1 Å². The highest BCUT2D eigenvalue weighted by Gasteiger charge is 2.32.